The van der Waals surface area contributed by atoms with Crippen molar-refractivity contribution in [2.75, 3.05) is 13.1 Å². The largest absolute Gasteiger partial charge is 0.465 e. The van der Waals surface area contributed by atoms with Crippen molar-refractivity contribution < 1.29 is 9.90 Å². The fraction of sp³-hybridized carbons (Fsp3) is 0.250. The fourth-order valence-corrected chi connectivity index (χ4v) is 1.81. The van der Waals surface area contributed by atoms with Crippen molar-refractivity contribution in [2.45, 2.75) is 6.42 Å². The van der Waals surface area contributed by atoms with E-state index in [1.54, 1.807) is 18.3 Å². The summed E-state index contributed by atoms with van der Waals surface area (Å²) in [5.74, 6) is 0. The first-order valence-corrected chi connectivity index (χ1v) is 5.25. The van der Waals surface area contributed by atoms with Gasteiger partial charge in [-0.2, -0.15) is 5.26 Å². The summed E-state index contributed by atoms with van der Waals surface area (Å²) in [6.07, 6.45) is 3.14. The van der Waals surface area contributed by atoms with Crippen molar-refractivity contribution in [3.8, 4) is 6.07 Å². The number of carbonyl (C=O) groups is 1. The molecule has 0 radical (unpaired) electrons. The minimum absolute atomic E-state index is 0.353. The fourth-order valence-electron chi connectivity index (χ4n) is 1.81. The van der Waals surface area contributed by atoms with Crippen molar-refractivity contribution in [1.82, 2.24) is 9.88 Å². The zero-order valence-corrected chi connectivity index (χ0v) is 9.13. The lowest BCUT2D eigenvalue weighted by molar-refractivity contribution is 0.150. The second-order valence-corrected chi connectivity index (χ2v) is 3.72. The van der Waals surface area contributed by atoms with E-state index < -0.39 is 6.09 Å². The van der Waals surface area contributed by atoms with Gasteiger partial charge in [-0.3, -0.25) is 4.98 Å². The maximum atomic E-state index is 10.7. The molecule has 17 heavy (non-hydrogen) atoms. The van der Waals surface area contributed by atoms with Crippen LogP contribution in [0.3, 0.4) is 0 Å². The van der Waals surface area contributed by atoms with Crippen LogP contribution in [0.1, 0.15) is 17.7 Å². The van der Waals surface area contributed by atoms with E-state index in [4.69, 9.17) is 10.4 Å². The highest BCUT2D eigenvalue weighted by molar-refractivity contribution is 5.72. The van der Waals surface area contributed by atoms with E-state index in [1.807, 2.05) is 6.08 Å². The topological polar surface area (TPSA) is 77.2 Å². The molecule has 0 saturated carbocycles. The molecule has 0 aliphatic carbocycles. The first kappa shape index (κ1) is 11.1. The lowest BCUT2D eigenvalue weighted by Gasteiger charge is -2.23. The Kier molecular flexibility index (Phi) is 3.06. The van der Waals surface area contributed by atoms with E-state index in [2.05, 4.69) is 11.1 Å². The molecule has 1 N–H and O–H groups in total. The molecule has 0 unspecified atom stereocenters. The Hall–Kier alpha value is -2.35. The molecule has 1 aliphatic heterocycles. The van der Waals surface area contributed by atoms with Crippen LogP contribution in [0.5, 0.6) is 0 Å². The third-order valence-electron chi connectivity index (χ3n) is 2.71. The molecule has 0 saturated heterocycles. The molecule has 0 bridgehead atoms. The number of carboxylic acid groups (broad SMARTS) is 1. The van der Waals surface area contributed by atoms with Crippen LogP contribution < -0.4 is 0 Å². The molecule has 0 aromatic carbocycles. The summed E-state index contributed by atoms with van der Waals surface area (Å²) in [6.45, 7) is 0.800. The summed E-state index contributed by atoms with van der Waals surface area (Å²) in [5.41, 5.74) is 2.14. The lowest BCUT2D eigenvalue weighted by atomic mass is 10.0. The number of aromatic nitrogens is 1. The summed E-state index contributed by atoms with van der Waals surface area (Å²) in [5, 5.41) is 17.8. The quantitative estimate of drug-likeness (QED) is 0.795. The summed E-state index contributed by atoms with van der Waals surface area (Å²) in [4.78, 5) is 16.3. The average molecular weight is 229 g/mol. The van der Waals surface area contributed by atoms with E-state index in [1.165, 1.54) is 4.90 Å². The third-order valence-corrected chi connectivity index (χ3v) is 2.71. The van der Waals surface area contributed by atoms with Gasteiger partial charge in [-0.05, 0) is 24.1 Å². The van der Waals surface area contributed by atoms with E-state index in [-0.39, 0.29) is 0 Å². The third kappa shape index (κ3) is 2.26. The molecule has 1 aromatic heterocycles. The Bertz CT molecular complexity index is 517. The number of hydrogen-bond donors (Lipinski definition) is 1. The monoisotopic (exact) mass is 229 g/mol. The van der Waals surface area contributed by atoms with Crippen LogP contribution >= 0.6 is 0 Å². The Morgan fingerprint density at radius 1 is 1.59 bits per heavy atom. The normalized spacial score (nSPS) is 15.0. The molecule has 1 aliphatic rings. The lowest BCUT2D eigenvalue weighted by Crippen LogP contribution is -2.33. The van der Waals surface area contributed by atoms with Gasteiger partial charge >= 0.3 is 6.09 Å². The van der Waals surface area contributed by atoms with Crippen LogP contribution in [0.4, 0.5) is 4.79 Å². The molecule has 5 heteroatoms. The zero-order valence-electron chi connectivity index (χ0n) is 9.13. The number of pyridine rings is 1. The molecule has 1 amide bonds. The molecule has 0 spiro atoms. The molecule has 5 nitrogen and oxygen atoms in total. The molecule has 0 atom stereocenters. The number of hydrogen-bond acceptors (Lipinski definition) is 3. The number of rotatable bonds is 1. The second kappa shape index (κ2) is 4.66. The van der Waals surface area contributed by atoms with Crippen LogP contribution in [-0.4, -0.2) is 34.2 Å². The van der Waals surface area contributed by atoms with Gasteiger partial charge in [0.25, 0.3) is 0 Å². The van der Waals surface area contributed by atoms with Gasteiger partial charge < -0.3 is 10.0 Å². The van der Waals surface area contributed by atoms with Crippen LogP contribution in [0.25, 0.3) is 5.57 Å². The number of nitriles is 1. The van der Waals surface area contributed by atoms with E-state index in [9.17, 15) is 4.79 Å². The van der Waals surface area contributed by atoms with E-state index >= 15 is 0 Å². The smallest absolute Gasteiger partial charge is 0.407 e. The maximum absolute atomic E-state index is 10.7. The second-order valence-electron chi connectivity index (χ2n) is 3.72. The molecule has 86 valence electrons. The van der Waals surface area contributed by atoms with Gasteiger partial charge in [0.15, 0.2) is 0 Å². The summed E-state index contributed by atoms with van der Waals surface area (Å²) in [6, 6.07) is 5.53. The van der Waals surface area contributed by atoms with Crippen molar-refractivity contribution in [3.63, 3.8) is 0 Å². The van der Waals surface area contributed by atoms with E-state index in [0.717, 1.165) is 5.57 Å². The predicted octanol–water partition coefficient (Wildman–Crippen LogP) is 1.72. The Balaban J connectivity index is 2.26. The highest BCUT2D eigenvalue weighted by Crippen LogP contribution is 2.23. The first-order chi connectivity index (χ1) is 8.22. The average Bonchev–Trinajstić information content (AvgIpc) is 2.39. The van der Waals surface area contributed by atoms with Crippen molar-refractivity contribution in [2.24, 2.45) is 0 Å². The van der Waals surface area contributed by atoms with Crippen LogP contribution in [0.2, 0.25) is 0 Å². The van der Waals surface area contributed by atoms with Crippen LogP contribution in [0, 0.1) is 11.3 Å². The standard InChI is InChI=1S/C12H11N3O2/c13-8-10-2-1-5-14-11(10)9-3-6-15(7-4-9)12(16)17/h1-3,5H,4,6-7H2,(H,16,17). The van der Waals surface area contributed by atoms with Gasteiger partial charge in [-0.1, -0.05) is 6.08 Å². The highest BCUT2D eigenvalue weighted by atomic mass is 16.4. The van der Waals surface area contributed by atoms with Crippen molar-refractivity contribution in [1.29, 1.82) is 5.26 Å². The minimum Gasteiger partial charge on any atom is -0.465 e. The SMILES string of the molecule is N#Cc1cccnc1C1=CCN(C(=O)O)CC1. The number of nitrogens with zero attached hydrogens (tertiary/aromatic N) is 3. The Labute approximate surface area is 98.6 Å². The van der Waals surface area contributed by atoms with Gasteiger partial charge in [0.2, 0.25) is 0 Å². The van der Waals surface area contributed by atoms with Gasteiger partial charge in [0, 0.05) is 19.3 Å². The van der Waals surface area contributed by atoms with Crippen molar-refractivity contribution >= 4 is 11.7 Å². The summed E-state index contributed by atoms with van der Waals surface area (Å²) >= 11 is 0. The Morgan fingerprint density at radius 3 is 3.00 bits per heavy atom. The van der Waals surface area contributed by atoms with Crippen LogP contribution in [-0.2, 0) is 0 Å². The Morgan fingerprint density at radius 2 is 2.41 bits per heavy atom. The zero-order chi connectivity index (χ0) is 12.3. The summed E-state index contributed by atoms with van der Waals surface area (Å²) < 4.78 is 0. The van der Waals surface area contributed by atoms with Crippen LogP contribution in [0.15, 0.2) is 24.4 Å². The summed E-state index contributed by atoms with van der Waals surface area (Å²) in [7, 11) is 0. The predicted molar refractivity (Wildman–Crippen MR) is 61.1 cm³/mol. The van der Waals surface area contributed by atoms with Gasteiger partial charge in [-0.15, -0.1) is 0 Å². The van der Waals surface area contributed by atoms with Gasteiger partial charge in [0.1, 0.15) is 6.07 Å². The van der Waals surface area contributed by atoms with Gasteiger partial charge in [0.05, 0.1) is 11.3 Å². The molecule has 2 heterocycles. The molecule has 2 rings (SSSR count). The number of amides is 1. The highest BCUT2D eigenvalue weighted by Gasteiger charge is 2.18. The molecule has 1 aromatic rings. The maximum Gasteiger partial charge on any atom is 0.407 e. The molecular formula is C12H11N3O2. The minimum atomic E-state index is -0.915. The van der Waals surface area contributed by atoms with E-state index in [0.29, 0.717) is 30.8 Å². The van der Waals surface area contributed by atoms with Crippen molar-refractivity contribution in [3.05, 3.63) is 35.7 Å². The molecule has 0 fully saturated rings. The first-order valence-electron chi connectivity index (χ1n) is 5.25. The molecular weight excluding hydrogens is 218 g/mol. The van der Waals surface area contributed by atoms with Gasteiger partial charge in [-0.25, -0.2) is 4.79 Å².